The Morgan fingerprint density at radius 3 is 2.70 bits per heavy atom. The third-order valence-electron chi connectivity index (χ3n) is 4.16. The molecule has 0 aliphatic heterocycles. The molecule has 158 valence electrons. The number of hydrogen-bond acceptors (Lipinski definition) is 5. The summed E-state index contributed by atoms with van der Waals surface area (Å²) in [5, 5.41) is 16.7. The van der Waals surface area contributed by atoms with E-state index in [0.29, 0.717) is 47.7 Å². The van der Waals surface area contributed by atoms with Crippen molar-refractivity contribution in [2.24, 2.45) is 0 Å². The number of nitrogens with zero attached hydrogens (tertiary/aromatic N) is 5. The van der Waals surface area contributed by atoms with E-state index < -0.39 is 0 Å². The van der Waals surface area contributed by atoms with Gasteiger partial charge >= 0.3 is 0 Å². The van der Waals surface area contributed by atoms with Crippen LogP contribution < -0.4 is 5.32 Å². The highest BCUT2D eigenvalue weighted by atomic mass is 35.5. The van der Waals surface area contributed by atoms with Gasteiger partial charge in [-0.15, -0.1) is 10.2 Å². The van der Waals surface area contributed by atoms with Crippen molar-refractivity contribution in [1.29, 1.82) is 0 Å². The number of carbonyl (C=O) groups is 1. The molecule has 0 atom stereocenters. The van der Waals surface area contributed by atoms with E-state index in [9.17, 15) is 9.18 Å². The number of aryl methyl sites for hydroxylation is 2. The predicted octanol–water partition coefficient (Wildman–Crippen LogP) is 3.50. The van der Waals surface area contributed by atoms with Crippen molar-refractivity contribution in [2.45, 2.75) is 31.5 Å². The van der Waals surface area contributed by atoms with Crippen LogP contribution in [-0.4, -0.2) is 42.7 Å². The molecule has 0 saturated carbocycles. The van der Waals surface area contributed by atoms with Crippen molar-refractivity contribution < 1.29 is 9.18 Å². The predicted molar refractivity (Wildman–Crippen MR) is 115 cm³/mol. The quantitative estimate of drug-likeness (QED) is 0.480. The van der Waals surface area contributed by atoms with Crippen LogP contribution in [0.1, 0.15) is 17.9 Å². The molecule has 0 bridgehead atoms. The summed E-state index contributed by atoms with van der Waals surface area (Å²) in [6.07, 6.45) is 2.66. The number of hydrogen-bond donors (Lipinski definition) is 1. The second-order valence-electron chi connectivity index (χ2n) is 6.59. The van der Waals surface area contributed by atoms with Crippen molar-refractivity contribution in [3.8, 4) is 5.69 Å². The lowest BCUT2D eigenvalue weighted by molar-refractivity contribution is -0.121. The maximum absolute atomic E-state index is 13.3. The zero-order chi connectivity index (χ0) is 21.5. The number of aromatic nitrogens is 5. The molecular formula is C20H22ClFN6OS. The lowest BCUT2D eigenvalue weighted by Crippen LogP contribution is -2.27. The number of benzene rings is 1. The molecule has 0 saturated heterocycles. The van der Waals surface area contributed by atoms with Gasteiger partial charge in [0.15, 0.2) is 5.16 Å². The van der Waals surface area contributed by atoms with Gasteiger partial charge in [-0.2, -0.15) is 5.10 Å². The number of halogens is 2. The summed E-state index contributed by atoms with van der Waals surface area (Å²) in [4.78, 5) is 12.1. The van der Waals surface area contributed by atoms with Gasteiger partial charge in [-0.25, -0.2) is 4.39 Å². The summed E-state index contributed by atoms with van der Waals surface area (Å²) < 4.78 is 16.9. The van der Waals surface area contributed by atoms with Crippen LogP contribution in [-0.2, 0) is 17.8 Å². The number of nitrogens with one attached hydrogen (secondary N) is 1. The number of rotatable bonds is 10. The molecule has 10 heteroatoms. The molecule has 0 aliphatic rings. The molecule has 7 nitrogen and oxygen atoms in total. The Balaban J connectivity index is 1.62. The summed E-state index contributed by atoms with van der Waals surface area (Å²) in [6.45, 7) is 6.52. The molecule has 0 aliphatic carbocycles. The van der Waals surface area contributed by atoms with Crippen LogP contribution in [0.15, 0.2) is 53.3 Å². The Morgan fingerprint density at radius 1 is 1.27 bits per heavy atom. The fourth-order valence-electron chi connectivity index (χ4n) is 2.75. The normalized spacial score (nSPS) is 10.9. The minimum absolute atomic E-state index is 0.0657. The zero-order valence-corrected chi connectivity index (χ0v) is 18.1. The third-order valence-corrected chi connectivity index (χ3v) is 5.46. The first-order valence-corrected chi connectivity index (χ1v) is 10.7. The van der Waals surface area contributed by atoms with Gasteiger partial charge in [-0.3, -0.25) is 14.0 Å². The van der Waals surface area contributed by atoms with Gasteiger partial charge in [-0.1, -0.05) is 29.9 Å². The molecular weight excluding hydrogens is 427 g/mol. The van der Waals surface area contributed by atoms with E-state index in [-0.39, 0.29) is 11.7 Å². The second-order valence-corrected chi connectivity index (χ2v) is 8.06. The van der Waals surface area contributed by atoms with E-state index >= 15 is 0 Å². The zero-order valence-electron chi connectivity index (χ0n) is 16.5. The maximum Gasteiger partial charge on any atom is 0.221 e. The first kappa shape index (κ1) is 22.0. The van der Waals surface area contributed by atoms with Crippen molar-refractivity contribution in [3.63, 3.8) is 0 Å². The highest BCUT2D eigenvalue weighted by Gasteiger charge is 2.15. The first-order valence-electron chi connectivity index (χ1n) is 9.35. The van der Waals surface area contributed by atoms with Crippen LogP contribution in [0.4, 0.5) is 4.39 Å². The van der Waals surface area contributed by atoms with Crippen molar-refractivity contribution in [3.05, 3.63) is 65.5 Å². The molecule has 3 rings (SSSR count). The van der Waals surface area contributed by atoms with Gasteiger partial charge < -0.3 is 5.32 Å². The van der Waals surface area contributed by atoms with Gasteiger partial charge in [0.25, 0.3) is 0 Å². The monoisotopic (exact) mass is 448 g/mol. The van der Waals surface area contributed by atoms with Crippen LogP contribution in [0.2, 0.25) is 0 Å². The Hall–Kier alpha value is -2.65. The van der Waals surface area contributed by atoms with Gasteiger partial charge in [0.1, 0.15) is 11.6 Å². The molecule has 0 unspecified atom stereocenters. The van der Waals surface area contributed by atoms with E-state index in [1.54, 1.807) is 16.8 Å². The standard InChI is InChI=1S/C20H22ClFN6OS/c1-14(21)13-30-20-25-24-18(28(20)17-5-3-16(22)4-6-17)7-10-23-19(29)9-12-27-11-8-15(2)26-27/h3-6,8,11H,1,7,9-10,12-13H2,2H3,(H,23,29). The highest BCUT2D eigenvalue weighted by Crippen LogP contribution is 2.24. The Bertz CT molecular complexity index is 1020. The molecule has 1 aromatic carbocycles. The van der Waals surface area contributed by atoms with E-state index in [4.69, 9.17) is 11.6 Å². The van der Waals surface area contributed by atoms with Crippen molar-refractivity contribution >= 4 is 29.3 Å². The van der Waals surface area contributed by atoms with Crippen molar-refractivity contribution in [1.82, 2.24) is 29.9 Å². The fourth-order valence-corrected chi connectivity index (χ4v) is 3.64. The van der Waals surface area contributed by atoms with Gasteiger partial charge in [0, 0.05) is 48.6 Å². The van der Waals surface area contributed by atoms with Crippen LogP contribution >= 0.6 is 23.4 Å². The summed E-state index contributed by atoms with van der Waals surface area (Å²) in [7, 11) is 0. The maximum atomic E-state index is 13.3. The van der Waals surface area contributed by atoms with E-state index in [1.165, 1.54) is 23.9 Å². The smallest absolute Gasteiger partial charge is 0.221 e. The van der Waals surface area contributed by atoms with Gasteiger partial charge in [0.2, 0.25) is 5.91 Å². The molecule has 0 radical (unpaired) electrons. The van der Waals surface area contributed by atoms with Crippen LogP contribution in [0.25, 0.3) is 5.69 Å². The SMILES string of the molecule is C=C(Cl)CSc1nnc(CCNC(=O)CCn2ccc(C)n2)n1-c1ccc(F)cc1. The molecule has 2 aromatic heterocycles. The fraction of sp³-hybridized carbons (Fsp3) is 0.300. The van der Waals surface area contributed by atoms with Gasteiger partial charge in [-0.05, 0) is 37.3 Å². The molecule has 0 fully saturated rings. The molecule has 3 aromatic rings. The molecule has 2 heterocycles. The van der Waals surface area contributed by atoms with Crippen LogP contribution in [0.3, 0.4) is 0 Å². The molecule has 1 N–H and O–H groups in total. The minimum atomic E-state index is -0.323. The summed E-state index contributed by atoms with van der Waals surface area (Å²) in [5.74, 6) is 0.748. The average Bonchev–Trinajstić information content (AvgIpc) is 3.31. The number of carbonyl (C=O) groups excluding carboxylic acids is 1. The van der Waals surface area contributed by atoms with Crippen LogP contribution in [0.5, 0.6) is 0 Å². The second kappa shape index (κ2) is 10.4. The molecule has 0 spiro atoms. The Kier molecular flexibility index (Phi) is 7.64. The Labute approximate surface area is 183 Å². The molecule has 1 amide bonds. The highest BCUT2D eigenvalue weighted by molar-refractivity contribution is 7.99. The first-order chi connectivity index (χ1) is 14.4. The summed E-state index contributed by atoms with van der Waals surface area (Å²) in [5.41, 5.74) is 1.65. The Morgan fingerprint density at radius 2 is 2.03 bits per heavy atom. The van der Waals surface area contributed by atoms with Gasteiger partial charge in [0.05, 0.1) is 5.69 Å². The topological polar surface area (TPSA) is 77.6 Å². The largest absolute Gasteiger partial charge is 0.356 e. The average molecular weight is 449 g/mol. The number of thioether (sulfide) groups is 1. The molecule has 30 heavy (non-hydrogen) atoms. The summed E-state index contributed by atoms with van der Waals surface area (Å²) >= 11 is 7.26. The third kappa shape index (κ3) is 6.17. The van der Waals surface area contributed by atoms with E-state index in [1.807, 2.05) is 23.8 Å². The number of amides is 1. The lowest BCUT2D eigenvalue weighted by atomic mass is 10.3. The lowest BCUT2D eigenvalue weighted by Gasteiger charge is -2.11. The minimum Gasteiger partial charge on any atom is -0.356 e. The summed E-state index contributed by atoms with van der Waals surface area (Å²) in [6, 6.07) is 7.98. The van der Waals surface area contributed by atoms with Crippen molar-refractivity contribution in [2.75, 3.05) is 12.3 Å². The van der Waals surface area contributed by atoms with Crippen LogP contribution in [0, 0.1) is 12.7 Å². The van der Waals surface area contributed by atoms with E-state index in [2.05, 4.69) is 27.2 Å². The van der Waals surface area contributed by atoms with E-state index in [0.717, 1.165) is 11.4 Å².